The number of ether oxygens (including phenoxy) is 1. The van der Waals surface area contributed by atoms with Gasteiger partial charge in [-0.05, 0) is 43.5 Å². The van der Waals surface area contributed by atoms with Crippen LogP contribution in [0.25, 0.3) is 10.6 Å². The van der Waals surface area contributed by atoms with Crippen molar-refractivity contribution < 1.29 is 9.84 Å². The number of fused-ring (bicyclic) bond motifs is 1. The van der Waals surface area contributed by atoms with Gasteiger partial charge in [-0.25, -0.2) is 4.98 Å². The Kier molecular flexibility index (Phi) is 3.06. The van der Waals surface area contributed by atoms with Crippen LogP contribution in [0.3, 0.4) is 0 Å². The van der Waals surface area contributed by atoms with Gasteiger partial charge in [0, 0.05) is 10.4 Å². The van der Waals surface area contributed by atoms with Gasteiger partial charge in [0.15, 0.2) is 0 Å². The quantitative estimate of drug-likeness (QED) is 0.902. The van der Waals surface area contributed by atoms with Crippen LogP contribution in [-0.2, 0) is 6.42 Å². The number of hydrogen-bond donors (Lipinski definition) is 1. The Labute approximate surface area is 110 Å². The molecule has 0 saturated carbocycles. The average molecular weight is 261 g/mol. The molecule has 0 aliphatic heterocycles. The molecular formula is C14H15NO2S. The molecule has 1 heterocycles. The largest absolute Gasteiger partial charge is 0.497 e. The molecule has 94 valence electrons. The molecule has 1 aliphatic rings. The molecule has 0 spiro atoms. The van der Waals surface area contributed by atoms with E-state index in [1.807, 2.05) is 24.3 Å². The highest BCUT2D eigenvalue weighted by molar-refractivity contribution is 7.15. The zero-order valence-electron chi connectivity index (χ0n) is 10.2. The van der Waals surface area contributed by atoms with Gasteiger partial charge < -0.3 is 9.84 Å². The van der Waals surface area contributed by atoms with E-state index in [2.05, 4.69) is 4.98 Å². The Hall–Kier alpha value is -1.39. The molecule has 0 saturated heterocycles. The molecule has 1 unspecified atom stereocenters. The lowest BCUT2D eigenvalue weighted by molar-refractivity contribution is 0.153. The highest BCUT2D eigenvalue weighted by Gasteiger charge is 2.23. The molecule has 3 rings (SSSR count). The van der Waals surface area contributed by atoms with Crippen LogP contribution in [0.15, 0.2) is 24.3 Å². The van der Waals surface area contributed by atoms with Crippen molar-refractivity contribution in [2.45, 2.75) is 25.4 Å². The normalized spacial score (nSPS) is 18.4. The van der Waals surface area contributed by atoms with Gasteiger partial charge in [-0.2, -0.15) is 0 Å². The van der Waals surface area contributed by atoms with Crippen LogP contribution in [0.5, 0.6) is 5.75 Å². The van der Waals surface area contributed by atoms with E-state index in [0.29, 0.717) is 0 Å². The Morgan fingerprint density at radius 2 is 2.11 bits per heavy atom. The summed E-state index contributed by atoms with van der Waals surface area (Å²) in [5, 5.41) is 10.9. The molecule has 1 aromatic heterocycles. The van der Waals surface area contributed by atoms with Gasteiger partial charge in [0.2, 0.25) is 0 Å². The molecule has 18 heavy (non-hydrogen) atoms. The second kappa shape index (κ2) is 4.71. The minimum absolute atomic E-state index is 0.378. The van der Waals surface area contributed by atoms with Crippen molar-refractivity contribution >= 4 is 11.3 Å². The Morgan fingerprint density at radius 1 is 1.33 bits per heavy atom. The number of rotatable bonds is 2. The van der Waals surface area contributed by atoms with Crippen LogP contribution in [0, 0.1) is 0 Å². The summed E-state index contributed by atoms with van der Waals surface area (Å²) in [6.45, 7) is 0. The molecular weight excluding hydrogens is 246 g/mol. The monoisotopic (exact) mass is 261 g/mol. The van der Waals surface area contributed by atoms with Gasteiger partial charge in [-0.1, -0.05) is 0 Å². The van der Waals surface area contributed by atoms with Gasteiger partial charge in [0.1, 0.15) is 10.8 Å². The molecule has 0 amide bonds. The number of thiazole rings is 1. The Morgan fingerprint density at radius 3 is 2.78 bits per heavy atom. The van der Waals surface area contributed by atoms with Crippen molar-refractivity contribution in [3.63, 3.8) is 0 Å². The van der Waals surface area contributed by atoms with E-state index in [1.165, 1.54) is 4.88 Å². The number of aliphatic hydroxyl groups excluding tert-OH is 1. The van der Waals surface area contributed by atoms with E-state index in [9.17, 15) is 5.11 Å². The second-order valence-electron chi connectivity index (χ2n) is 4.46. The number of nitrogens with zero attached hydrogens (tertiary/aromatic N) is 1. The van der Waals surface area contributed by atoms with E-state index in [0.717, 1.165) is 41.3 Å². The van der Waals surface area contributed by atoms with Crippen molar-refractivity contribution in [3.05, 3.63) is 34.8 Å². The van der Waals surface area contributed by atoms with E-state index >= 15 is 0 Å². The SMILES string of the molecule is COc1ccc(-c2nc3c(s2)CCCC3O)cc1. The smallest absolute Gasteiger partial charge is 0.123 e. The third-order valence-corrected chi connectivity index (χ3v) is 4.44. The fraction of sp³-hybridized carbons (Fsp3) is 0.357. The predicted octanol–water partition coefficient (Wildman–Crippen LogP) is 3.19. The fourth-order valence-corrected chi connectivity index (χ4v) is 3.42. The van der Waals surface area contributed by atoms with Crippen molar-refractivity contribution in [2.24, 2.45) is 0 Å². The number of hydrogen-bond acceptors (Lipinski definition) is 4. The Bertz CT molecular complexity index is 547. The van der Waals surface area contributed by atoms with Crippen LogP contribution in [-0.4, -0.2) is 17.2 Å². The lowest BCUT2D eigenvalue weighted by Gasteiger charge is -2.14. The highest BCUT2D eigenvalue weighted by atomic mass is 32.1. The van der Waals surface area contributed by atoms with Crippen LogP contribution in [0.4, 0.5) is 0 Å². The average Bonchev–Trinajstić information content (AvgIpc) is 2.84. The van der Waals surface area contributed by atoms with E-state index in [1.54, 1.807) is 18.4 Å². The van der Waals surface area contributed by atoms with Gasteiger partial charge in [0.25, 0.3) is 0 Å². The number of aromatic nitrogens is 1. The maximum atomic E-state index is 9.93. The minimum Gasteiger partial charge on any atom is -0.497 e. The molecule has 1 N–H and O–H groups in total. The lowest BCUT2D eigenvalue weighted by Crippen LogP contribution is -2.07. The molecule has 1 aliphatic carbocycles. The van der Waals surface area contributed by atoms with Crippen molar-refractivity contribution in [1.82, 2.24) is 4.98 Å². The third kappa shape index (κ3) is 2.02. The van der Waals surface area contributed by atoms with Crippen LogP contribution >= 0.6 is 11.3 Å². The summed E-state index contributed by atoms with van der Waals surface area (Å²) in [4.78, 5) is 5.82. The maximum Gasteiger partial charge on any atom is 0.123 e. The summed E-state index contributed by atoms with van der Waals surface area (Å²) < 4.78 is 5.15. The second-order valence-corrected chi connectivity index (χ2v) is 5.55. The first-order chi connectivity index (χ1) is 8.78. The van der Waals surface area contributed by atoms with Crippen molar-refractivity contribution in [2.75, 3.05) is 7.11 Å². The molecule has 0 bridgehead atoms. The maximum absolute atomic E-state index is 9.93. The zero-order valence-corrected chi connectivity index (χ0v) is 11.0. The molecule has 1 atom stereocenters. The standard InChI is InChI=1S/C14H15NO2S/c1-17-10-7-5-9(6-8-10)14-15-13-11(16)3-2-4-12(13)18-14/h5-8,11,16H,2-4H2,1H3. The predicted molar refractivity (Wildman–Crippen MR) is 72.0 cm³/mol. The number of aryl methyl sites for hydroxylation is 1. The molecule has 3 nitrogen and oxygen atoms in total. The van der Waals surface area contributed by atoms with Gasteiger partial charge in [-0.3, -0.25) is 0 Å². The molecule has 1 aromatic carbocycles. The van der Waals surface area contributed by atoms with E-state index in [-0.39, 0.29) is 6.10 Å². The van der Waals surface area contributed by atoms with E-state index < -0.39 is 0 Å². The van der Waals surface area contributed by atoms with E-state index in [4.69, 9.17) is 4.74 Å². The summed E-state index contributed by atoms with van der Waals surface area (Å²) in [6.07, 6.45) is 2.55. The third-order valence-electron chi connectivity index (χ3n) is 3.26. The number of methoxy groups -OCH3 is 1. The van der Waals surface area contributed by atoms with Crippen molar-refractivity contribution in [1.29, 1.82) is 0 Å². The number of aliphatic hydroxyl groups is 1. The Balaban J connectivity index is 1.96. The van der Waals surface area contributed by atoms with Crippen molar-refractivity contribution in [3.8, 4) is 16.3 Å². The molecule has 0 fully saturated rings. The lowest BCUT2D eigenvalue weighted by atomic mass is 10.0. The first kappa shape index (κ1) is 11.7. The minimum atomic E-state index is -0.378. The zero-order chi connectivity index (χ0) is 12.5. The summed E-state index contributed by atoms with van der Waals surface area (Å²) in [5.41, 5.74) is 1.97. The molecule has 0 radical (unpaired) electrons. The molecule has 4 heteroatoms. The summed E-state index contributed by atoms with van der Waals surface area (Å²) in [5.74, 6) is 0.847. The summed E-state index contributed by atoms with van der Waals surface area (Å²) in [6, 6.07) is 7.89. The van der Waals surface area contributed by atoms with Crippen LogP contribution < -0.4 is 4.74 Å². The van der Waals surface area contributed by atoms with Gasteiger partial charge >= 0.3 is 0 Å². The van der Waals surface area contributed by atoms with Crippen LogP contribution in [0.1, 0.15) is 29.5 Å². The van der Waals surface area contributed by atoms with Gasteiger partial charge in [0.05, 0.1) is 18.9 Å². The fourth-order valence-electron chi connectivity index (χ4n) is 2.25. The summed E-state index contributed by atoms with van der Waals surface area (Å²) in [7, 11) is 1.66. The van der Waals surface area contributed by atoms with Crippen LogP contribution in [0.2, 0.25) is 0 Å². The molecule has 2 aromatic rings. The van der Waals surface area contributed by atoms with Gasteiger partial charge in [-0.15, -0.1) is 11.3 Å². The first-order valence-electron chi connectivity index (χ1n) is 6.10. The summed E-state index contributed by atoms with van der Waals surface area (Å²) >= 11 is 1.69. The number of benzene rings is 1. The first-order valence-corrected chi connectivity index (χ1v) is 6.91. The topological polar surface area (TPSA) is 42.4 Å². The highest BCUT2D eigenvalue weighted by Crippen LogP contribution is 2.37.